The van der Waals surface area contributed by atoms with Gasteiger partial charge in [-0.05, 0) is 6.92 Å². The Bertz CT molecular complexity index is 568. The van der Waals surface area contributed by atoms with E-state index in [0.717, 1.165) is 0 Å². The summed E-state index contributed by atoms with van der Waals surface area (Å²) in [5.74, 6) is 0.0118. The summed E-state index contributed by atoms with van der Waals surface area (Å²) in [5.41, 5.74) is 0.619. The number of carbonyl (C=O) groups is 1. The molecule has 5 nitrogen and oxygen atoms in total. The molecule has 0 aliphatic carbocycles. The molecule has 0 saturated heterocycles. The second-order valence-corrected chi connectivity index (χ2v) is 3.57. The molecule has 0 N–H and O–H groups in total. The highest BCUT2D eigenvalue weighted by molar-refractivity contribution is 5.98. The van der Waals surface area contributed by atoms with Gasteiger partial charge in [0.25, 0.3) is 5.82 Å². The molecule has 2 rings (SSSR count). The number of hydrogen-bond acceptors (Lipinski definition) is 4. The summed E-state index contributed by atoms with van der Waals surface area (Å²) in [6.07, 6.45) is 1.39. The lowest BCUT2D eigenvalue weighted by molar-refractivity contribution is 0.0928. The zero-order valence-electron chi connectivity index (χ0n) is 9.24. The molecule has 0 fully saturated rings. The van der Waals surface area contributed by atoms with Gasteiger partial charge in [-0.2, -0.15) is 5.26 Å². The molecule has 84 valence electrons. The summed E-state index contributed by atoms with van der Waals surface area (Å²) < 4.78 is 1.40. The molecule has 0 aliphatic heterocycles. The highest BCUT2D eigenvalue weighted by atomic mass is 16.1. The van der Waals surface area contributed by atoms with Crippen molar-refractivity contribution in [2.45, 2.75) is 13.0 Å². The van der Waals surface area contributed by atoms with Gasteiger partial charge in [-0.3, -0.25) is 4.79 Å². The fourth-order valence-electron chi connectivity index (χ4n) is 1.48. The summed E-state index contributed by atoms with van der Waals surface area (Å²) in [4.78, 5) is 15.8. The minimum Gasteiger partial charge on any atom is -0.292 e. The Kier molecular flexibility index (Phi) is 2.97. The van der Waals surface area contributed by atoms with Crippen molar-refractivity contribution in [3.63, 3.8) is 0 Å². The minimum atomic E-state index is -0.466. The first-order chi connectivity index (χ1) is 8.22. The van der Waals surface area contributed by atoms with E-state index < -0.39 is 6.04 Å². The third-order valence-corrected chi connectivity index (χ3v) is 2.44. The number of Topliss-reactive ketones (excluding diaryl/α,β-unsaturated/α-hetero) is 1. The molecule has 0 amide bonds. The smallest absolute Gasteiger partial charge is 0.252 e. The van der Waals surface area contributed by atoms with Crippen LogP contribution in [0.15, 0.2) is 36.7 Å². The van der Waals surface area contributed by atoms with E-state index in [1.165, 1.54) is 11.0 Å². The summed E-state index contributed by atoms with van der Waals surface area (Å²) in [5, 5.41) is 12.5. The standard InChI is InChI=1S/C12H10N4O/c1-9(16-8-14-11(7-13)15-16)12(17)10-5-3-2-4-6-10/h2-6,8-9H,1H3. The summed E-state index contributed by atoms with van der Waals surface area (Å²) in [7, 11) is 0. The van der Waals surface area contributed by atoms with Gasteiger partial charge in [0.05, 0.1) is 0 Å². The molecule has 0 spiro atoms. The Morgan fingerprint density at radius 3 is 2.71 bits per heavy atom. The Morgan fingerprint density at radius 1 is 1.41 bits per heavy atom. The van der Waals surface area contributed by atoms with E-state index in [4.69, 9.17) is 5.26 Å². The Balaban J connectivity index is 2.24. The molecule has 1 aromatic heterocycles. The van der Waals surface area contributed by atoms with E-state index in [0.29, 0.717) is 5.56 Å². The number of hydrogen-bond donors (Lipinski definition) is 0. The lowest BCUT2D eigenvalue weighted by Crippen LogP contribution is -2.17. The van der Waals surface area contributed by atoms with Crippen molar-refractivity contribution in [1.29, 1.82) is 5.26 Å². The molecular weight excluding hydrogens is 216 g/mol. The summed E-state index contributed by atoms with van der Waals surface area (Å²) in [6, 6.07) is 10.3. The zero-order valence-corrected chi connectivity index (χ0v) is 9.24. The average molecular weight is 226 g/mol. The lowest BCUT2D eigenvalue weighted by Gasteiger charge is -2.09. The minimum absolute atomic E-state index is 0.0556. The molecule has 1 unspecified atom stereocenters. The zero-order chi connectivity index (χ0) is 12.3. The van der Waals surface area contributed by atoms with Crippen LogP contribution in [-0.2, 0) is 0 Å². The third-order valence-electron chi connectivity index (χ3n) is 2.44. The van der Waals surface area contributed by atoms with Crippen molar-refractivity contribution in [1.82, 2.24) is 14.8 Å². The number of carbonyl (C=O) groups excluding carboxylic acids is 1. The van der Waals surface area contributed by atoms with Crippen molar-refractivity contribution in [2.75, 3.05) is 0 Å². The molecule has 0 saturated carbocycles. The predicted molar refractivity (Wildman–Crippen MR) is 60.2 cm³/mol. The topological polar surface area (TPSA) is 71.6 Å². The van der Waals surface area contributed by atoms with E-state index in [2.05, 4.69) is 10.1 Å². The monoisotopic (exact) mass is 226 g/mol. The number of nitrogens with zero attached hydrogens (tertiary/aromatic N) is 4. The van der Waals surface area contributed by atoms with Crippen LogP contribution in [0.25, 0.3) is 0 Å². The van der Waals surface area contributed by atoms with Crippen LogP contribution in [-0.4, -0.2) is 20.5 Å². The van der Waals surface area contributed by atoms with Crippen molar-refractivity contribution in [3.05, 3.63) is 48.0 Å². The summed E-state index contributed by atoms with van der Waals surface area (Å²) in [6.45, 7) is 1.73. The fourth-order valence-corrected chi connectivity index (χ4v) is 1.48. The maximum Gasteiger partial charge on any atom is 0.252 e. The molecular formula is C12H10N4O. The number of benzene rings is 1. The average Bonchev–Trinajstić information content (AvgIpc) is 2.87. The first kappa shape index (κ1) is 11.0. The van der Waals surface area contributed by atoms with Crippen molar-refractivity contribution in [3.8, 4) is 6.07 Å². The van der Waals surface area contributed by atoms with E-state index in [9.17, 15) is 4.79 Å². The van der Waals surface area contributed by atoms with Gasteiger partial charge in [0.15, 0.2) is 5.78 Å². The molecule has 1 atom stereocenters. The second kappa shape index (κ2) is 4.58. The molecule has 1 aromatic carbocycles. The van der Waals surface area contributed by atoms with Gasteiger partial charge in [0.1, 0.15) is 18.4 Å². The van der Waals surface area contributed by atoms with Crippen LogP contribution >= 0.6 is 0 Å². The number of ketones is 1. The van der Waals surface area contributed by atoms with Gasteiger partial charge in [-0.15, -0.1) is 5.10 Å². The second-order valence-electron chi connectivity index (χ2n) is 3.57. The first-order valence-corrected chi connectivity index (χ1v) is 5.13. The van der Waals surface area contributed by atoms with Crippen LogP contribution in [0.2, 0.25) is 0 Å². The SMILES string of the molecule is CC(C(=O)c1ccccc1)n1cnc(C#N)n1. The quantitative estimate of drug-likeness (QED) is 0.745. The van der Waals surface area contributed by atoms with Crippen LogP contribution < -0.4 is 0 Å². The molecule has 17 heavy (non-hydrogen) atoms. The van der Waals surface area contributed by atoms with E-state index in [-0.39, 0.29) is 11.6 Å². The fraction of sp³-hybridized carbons (Fsp3) is 0.167. The van der Waals surface area contributed by atoms with Crippen molar-refractivity contribution in [2.24, 2.45) is 0 Å². The number of nitriles is 1. The van der Waals surface area contributed by atoms with Crippen LogP contribution in [0, 0.1) is 11.3 Å². The lowest BCUT2D eigenvalue weighted by atomic mass is 10.1. The predicted octanol–water partition coefficient (Wildman–Crippen LogP) is 1.59. The molecule has 0 bridgehead atoms. The maximum absolute atomic E-state index is 12.1. The van der Waals surface area contributed by atoms with Crippen LogP contribution in [0.1, 0.15) is 29.1 Å². The normalized spacial score (nSPS) is 11.8. The van der Waals surface area contributed by atoms with Gasteiger partial charge in [0.2, 0.25) is 0 Å². The van der Waals surface area contributed by atoms with Crippen molar-refractivity contribution < 1.29 is 4.79 Å². The molecule has 5 heteroatoms. The first-order valence-electron chi connectivity index (χ1n) is 5.13. The molecule has 0 aliphatic rings. The van der Waals surface area contributed by atoms with E-state index in [1.807, 2.05) is 24.3 Å². The Labute approximate surface area is 98.3 Å². The van der Waals surface area contributed by atoms with Crippen LogP contribution in [0.3, 0.4) is 0 Å². The maximum atomic E-state index is 12.1. The van der Waals surface area contributed by atoms with Gasteiger partial charge in [-0.25, -0.2) is 9.67 Å². The van der Waals surface area contributed by atoms with Gasteiger partial charge in [0, 0.05) is 5.56 Å². The van der Waals surface area contributed by atoms with Crippen LogP contribution in [0.5, 0.6) is 0 Å². The van der Waals surface area contributed by atoms with E-state index >= 15 is 0 Å². The largest absolute Gasteiger partial charge is 0.292 e. The Morgan fingerprint density at radius 2 is 2.12 bits per heavy atom. The molecule has 1 heterocycles. The number of aromatic nitrogens is 3. The van der Waals surface area contributed by atoms with Crippen LogP contribution in [0.4, 0.5) is 0 Å². The van der Waals surface area contributed by atoms with Gasteiger partial charge < -0.3 is 0 Å². The third kappa shape index (κ3) is 2.21. The molecule has 2 aromatic rings. The highest BCUT2D eigenvalue weighted by Crippen LogP contribution is 2.12. The highest BCUT2D eigenvalue weighted by Gasteiger charge is 2.17. The van der Waals surface area contributed by atoms with E-state index in [1.54, 1.807) is 19.1 Å². The van der Waals surface area contributed by atoms with Crippen molar-refractivity contribution >= 4 is 5.78 Å². The number of rotatable bonds is 3. The summed E-state index contributed by atoms with van der Waals surface area (Å²) >= 11 is 0. The van der Waals surface area contributed by atoms with Gasteiger partial charge in [-0.1, -0.05) is 30.3 Å². The molecule has 0 radical (unpaired) electrons. The van der Waals surface area contributed by atoms with Gasteiger partial charge >= 0.3 is 0 Å². The Hall–Kier alpha value is -2.48.